The Morgan fingerprint density at radius 2 is 2.46 bits per heavy atom. The van der Waals surface area contributed by atoms with Crippen molar-refractivity contribution >= 4 is 22.2 Å². The molecule has 0 saturated heterocycles. The molecule has 1 unspecified atom stereocenters. The first-order valence-electron chi connectivity index (χ1n) is 4.45. The number of aromatic nitrogens is 2. The smallest absolute Gasteiger partial charge is 0.185 e. The molecule has 1 aliphatic heterocycles. The Balaban J connectivity index is 2.57. The molecule has 2 rings (SSSR count). The van der Waals surface area contributed by atoms with E-state index in [0.29, 0.717) is 11.7 Å². The van der Waals surface area contributed by atoms with Crippen molar-refractivity contribution in [2.45, 2.75) is 32.2 Å². The summed E-state index contributed by atoms with van der Waals surface area (Å²) in [5.41, 5.74) is 1.17. The Labute approximate surface area is 85.3 Å². The molecule has 0 radical (unpaired) electrons. The molecule has 3 nitrogen and oxygen atoms in total. The highest BCUT2D eigenvalue weighted by molar-refractivity contribution is 9.10. The van der Waals surface area contributed by atoms with Crippen molar-refractivity contribution in [3.05, 3.63) is 16.1 Å². The van der Waals surface area contributed by atoms with Gasteiger partial charge in [0.05, 0.1) is 5.69 Å². The molecule has 0 saturated carbocycles. The highest BCUT2D eigenvalue weighted by Crippen LogP contribution is 2.32. The molecular formula is C9H11BrN2O. The Hall–Kier alpha value is -0.640. The molecule has 1 aromatic heterocycles. The lowest BCUT2D eigenvalue weighted by Gasteiger charge is -2.21. The zero-order valence-electron chi connectivity index (χ0n) is 7.46. The number of rotatable bonds is 1. The van der Waals surface area contributed by atoms with Gasteiger partial charge in [-0.25, -0.2) is 4.98 Å². The van der Waals surface area contributed by atoms with Crippen LogP contribution in [-0.4, -0.2) is 15.8 Å². The molecule has 0 bridgehead atoms. The van der Waals surface area contributed by atoms with E-state index >= 15 is 0 Å². The molecule has 0 fully saturated rings. The van der Waals surface area contributed by atoms with Crippen LogP contribution in [0.2, 0.25) is 0 Å². The summed E-state index contributed by atoms with van der Waals surface area (Å²) in [4.78, 5) is 14.9. The van der Waals surface area contributed by atoms with Crippen LogP contribution in [-0.2, 0) is 6.54 Å². The standard InChI is InChI=1S/C9H11BrN2O/c1-6-3-2-4-12-7(5-13)11-9(10)8(6)12/h5-6H,2-4H2,1H3. The fraction of sp³-hybridized carbons (Fsp3) is 0.556. The third-order valence-electron chi connectivity index (χ3n) is 2.58. The maximum atomic E-state index is 10.7. The minimum absolute atomic E-state index is 0.504. The zero-order valence-corrected chi connectivity index (χ0v) is 9.04. The third-order valence-corrected chi connectivity index (χ3v) is 3.17. The Bertz CT molecular complexity index is 346. The fourth-order valence-electron chi connectivity index (χ4n) is 1.94. The van der Waals surface area contributed by atoms with E-state index in [-0.39, 0.29) is 0 Å². The first-order chi connectivity index (χ1) is 6.24. The van der Waals surface area contributed by atoms with Crippen LogP contribution in [0.4, 0.5) is 0 Å². The van der Waals surface area contributed by atoms with Gasteiger partial charge >= 0.3 is 0 Å². The monoisotopic (exact) mass is 242 g/mol. The summed E-state index contributed by atoms with van der Waals surface area (Å²) in [7, 11) is 0. The first kappa shape index (κ1) is 8.94. The summed E-state index contributed by atoms with van der Waals surface area (Å²) in [6.45, 7) is 3.10. The number of carbonyl (C=O) groups excluding carboxylic acids is 1. The number of carbonyl (C=O) groups is 1. The van der Waals surface area contributed by atoms with Gasteiger partial charge in [0.15, 0.2) is 12.1 Å². The lowest BCUT2D eigenvalue weighted by Crippen LogP contribution is -2.15. The predicted octanol–water partition coefficient (Wildman–Crippen LogP) is 2.36. The van der Waals surface area contributed by atoms with Gasteiger partial charge < -0.3 is 4.57 Å². The van der Waals surface area contributed by atoms with E-state index in [4.69, 9.17) is 0 Å². The largest absolute Gasteiger partial charge is 0.324 e. The second-order valence-corrected chi connectivity index (χ2v) is 4.21. The van der Waals surface area contributed by atoms with Gasteiger partial charge in [-0.2, -0.15) is 0 Å². The van der Waals surface area contributed by atoms with E-state index in [1.165, 1.54) is 12.1 Å². The van der Waals surface area contributed by atoms with Crippen LogP contribution in [0.3, 0.4) is 0 Å². The predicted molar refractivity (Wildman–Crippen MR) is 53.0 cm³/mol. The van der Waals surface area contributed by atoms with Crippen molar-refractivity contribution in [2.24, 2.45) is 0 Å². The van der Waals surface area contributed by atoms with Crippen LogP contribution in [0.1, 0.15) is 42.0 Å². The second kappa shape index (κ2) is 3.25. The number of fused-ring (bicyclic) bond motifs is 1. The lowest BCUT2D eigenvalue weighted by atomic mass is 9.99. The zero-order chi connectivity index (χ0) is 9.42. The van der Waals surface area contributed by atoms with Crippen molar-refractivity contribution in [3.8, 4) is 0 Å². The van der Waals surface area contributed by atoms with Crippen molar-refractivity contribution in [2.75, 3.05) is 0 Å². The Morgan fingerprint density at radius 3 is 3.15 bits per heavy atom. The number of imidazole rings is 1. The number of hydrogen-bond donors (Lipinski definition) is 0. The average molecular weight is 243 g/mol. The quantitative estimate of drug-likeness (QED) is 0.709. The molecule has 0 aromatic carbocycles. The van der Waals surface area contributed by atoms with Gasteiger partial charge in [-0.1, -0.05) is 6.92 Å². The van der Waals surface area contributed by atoms with Crippen molar-refractivity contribution in [1.29, 1.82) is 0 Å². The molecular weight excluding hydrogens is 232 g/mol. The highest BCUT2D eigenvalue weighted by Gasteiger charge is 2.23. The van der Waals surface area contributed by atoms with Gasteiger partial charge in [0.25, 0.3) is 0 Å². The van der Waals surface area contributed by atoms with E-state index in [1.807, 2.05) is 4.57 Å². The number of hydrogen-bond acceptors (Lipinski definition) is 2. The molecule has 1 atom stereocenters. The Kier molecular flexibility index (Phi) is 2.24. The van der Waals surface area contributed by atoms with Crippen molar-refractivity contribution < 1.29 is 4.79 Å². The van der Waals surface area contributed by atoms with Crippen LogP contribution in [0.15, 0.2) is 4.60 Å². The van der Waals surface area contributed by atoms with Crippen LogP contribution < -0.4 is 0 Å². The molecule has 1 aliphatic rings. The maximum Gasteiger partial charge on any atom is 0.185 e. The summed E-state index contributed by atoms with van der Waals surface area (Å²) in [5.74, 6) is 1.05. The minimum Gasteiger partial charge on any atom is -0.324 e. The summed E-state index contributed by atoms with van der Waals surface area (Å²) in [5, 5.41) is 0. The van der Waals surface area contributed by atoms with E-state index in [9.17, 15) is 4.79 Å². The topological polar surface area (TPSA) is 34.9 Å². The van der Waals surface area contributed by atoms with Gasteiger partial charge in [-0.05, 0) is 34.7 Å². The molecule has 1 aromatic rings. The van der Waals surface area contributed by atoms with Crippen molar-refractivity contribution in [1.82, 2.24) is 9.55 Å². The van der Waals surface area contributed by atoms with E-state index in [0.717, 1.165) is 23.9 Å². The SMILES string of the molecule is CC1CCCn2c(C=O)nc(Br)c21. The number of nitrogens with zero attached hydrogens (tertiary/aromatic N) is 2. The van der Waals surface area contributed by atoms with Gasteiger partial charge in [0.2, 0.25) is 0 Å². The summed E-state index contributed by atoms with van der Waals surface area (Å²) < 4.78 is 2.85. The fourth-order valence-corrected chi connectivity index (χ4v) is 2.73. The van der Waals surface area contributed by atoms with Crippen LogP contribution >= 0.6 is 15.9 Å². The Morgan fingerprint density at radius 1 is 1.69 bits per heavy atom. The highest BCUT2D eigenvalue weighted by atomic mass is 79.9. The van der Waals surface area contributed by atoms with Crippen molar-refractivity contribution in [3.63, 3.8) is 0 Å². The van der Waals surface area contributed by atoms with Gasteiger partial charge in [-0.3, -0.25) is 4.79 Å². The van der Waals surface area contributed by atoms with E-state index in [1.54, 1.807) is 0 Å². The second-order valence-electron chi connectivity index (χ2n) is 3.46. The average Bonchev–Trinajstić information content (AvgIpc) is 2.44. The van der Waals surface area contributed by atoms with Gasteiger partial charge in [-0.15, -0.1) is 0 Å². The molecule has 0 aliphatic carbocycles. The van der Waals surface area contributed by atoms with E-state index in [2.05, 4.69) is 27.8 Å². The molecule has 70 valence electrons. The first-order valence-corrected chi connectivity index (χ1v) is 5.24. The number of halogens is 1. The summed E-state index contributed by atoms with van der Waals surface area (Å²) in [6.07, 6.45) is 3.15. The van der Waals surface area contributed by atoms with Gasteiger partial charge in [0, 0.05) is 6.54 Å². The summed E-state index contributed by atoms with van der Waals surface area (Å²) in [6, 6.07) is 0. The van der Waals surface area contributed by atoms with Gasteiger partial charge in [0.1, 0.15) is 4.60 Å². The number of aldehydes is 1. The van der Waals surface area contributed by atoms with Crippen LogP contribution in [0, 0.1) is 0 Å². The van der Waals surface area contributed by atoms with E-state index < -0.39 is 0 Å². The minimum atomic E-state index is 0.504. The lowest BCUT2D eigenvalue weighted by molar-refractivity contribution is 0.111. The molecule has 0 spiro atoms. The molecule has 4 heteroatoms. The summed E-state index contributed by atoms with van der Waals surface area (Å²) >= 11 is 3.39. The van der Waals surface area contributed by atoms with Crippen LogP contribution in [0.25, 0.3) is 0 Å². The maximum absolute atomic E-state index is 10.7. The molecule has 0 amide bonds. The molecule has 0 N–H and O–H groups in total. The molecule has 13 heavy (non-hydrogen) atoms. The van der Waals surface area contributed by atoms with Crippen LogP contribution in [0.5, 0.6) is 0 Å². The third kappa shape index (κ3) is 1.33. The normalized spacial score (nSPS) is 21.2. The molecule has 2 heterocycles.